The molecular weight excluding hydrogens is 462 g/mol. The third kappa shape index (κ3) is 3.51. The topological polar surface area (TPSA) is 101 Å². The molecule has 2 fully saturated rings. The molecule has 5 rings (SSSR count). The van der Waals surface area contributed by atoms with Crippen LogP contribution in [0.3, 0.4) is 0 Å². The molecule has 0 aromatic heterocycles. The maximum Gasteiger partial charge on any atom is 0.266 e. The minimum atomic E-state index is -1.05. The molecule has 3 aromatic rings. The van der Waals surface area contributed by atoms with Crippen molar-refractivity contribution in [1.82, 2.24) is 0 Å². The molecule has 3 aromatic carbocycles. The van der Waals surface area contributed by atoms with Gasteiger partial charge in [0.15, 0.2) is 17.6 Å². The number of ether oxygens (including phenoxy) is 3. The maximum absolute atomic E-state index is 13.8. The van der Waals surface area contributed by atoms with Crippen LogP contribution in [0, 0.1) is 17.2 Å². The zero-order valence-electron chi connectivity index (χ0n) is 19.9. The van der Waals surface area contributed by atoms with Crippen molar-refractivity contribution >= 4 is 23.2 Å². The third-order valence-electron chi connectivity index (χ3n) is 6.43. The number of anilines is 2. The lowest BCUT2D eigenvalue weighted by molar-refractivity contribution is -0.126. The minimum Gasteiger partial charge on any atom is -0.493 e. The van der Waals surface area contributed by atoms with Gasteiger partial charge in [0.05, 0.1) is 44.3 Å². The highest BCUT2D eigenvalue weighted by Gasteiger charge is 2.61. The summed E-state index contributed by atoms with van der Waals surface area (Å²) in [6.07, 6.45) is -1.05. The summed E-state index contributed by atoms with van der Waals surface area (Å²) in [4.78, 5) is 34.6. The predicted molar refractivity (Wildman–Crippen MR) is 130 cm³/mol. The van der Waals surface area contributed by atoms with Crippen molar-refractivity contribution in [2.45, 2.75) is 12.1 Å². The van der Waals surface area contributed by atoms with E-state index in [0.29, 0.717) is 39.8 Å². The highest BCUT2D eigenvalue weighted by molar-refractivity contribution is 6.24. The lowest BCUT2D eigenvalue weighted by atomic mass is 9.89. The molecule has 2 heterocycles. The molecule has 0 N–H and O–H groups in total. The Balaban J connectivity index is 1.64. The number of carbonyl (C=O) groups excluding carboxylic acids is 2. The molecule has 9 heteroatoms. The van der Waals surface area contributed by atoms with Crippen LogP contribution in [0.2, 0.25) is 0 Å². The van der Waals surface area contributed by atoms with Crippen LogP contribution < -0.4 is 24.2 Å². The zero-order valence-corrected chi connectivity index (χ0v) is 19.9. The first-order chi connectivity index (χ1) is 17.5. The van der Waals surface area contributed by atoms with Crippen LogP contribution in [-0.4, -0.2) is 39.2 Å². The highest BCUT2D eigenvalue weighted by atomic mass is 16.7. The van der Waals surface area contributed by atoms with E-state index < -0.39 is 29.9 Å². The molecule has 2 saturated heterocycles. The number of nitriles is 1. The smallest absolute Gasteiger partial charge is 0.266 e. The van der Waals surface area contributed by atoms with Gasteiger partial charge < -0.3 is 14.2 Å². The fourth-order valence-corrected chi connectivity index (χ4v) is 4.83. The molecule has 2 aliphatic rings. The van der Waals surface area contributed by atoms with E-state index in [9.17, 15) is 9.59 Å². The first-order valence-corrected chi connectivity index (χ1v) is 11.2. The molecule has 0 unspecified atom stereocenters. The van der Waals surface area contributed by atoms with Gasteiger partial charge in [0.25, 0.3) is 5.91 Å². The summed E-state index contributed by atoms with van der Waals surface area (Å²) < 4.78 is 16.7. The normalized spacial score (nSPS) is 20.8. The molecule has 9 nitrogen and oxygen atoms in total. The molecule has 2 aliphatic heterocycles. The van der Waals surface area contributed by atoms with Crippen LogP contribution in [0.15, 0.2) is 66.7 Å². The van der Waals surface area contributed by atoms with Crippen molar-refractivity contribution in [3.8, 4) is 23.3 Å². The average molecular weight is 485 g/mol. The van der Waals surface area contributed by atoms with Crippen LogP contribution in [-0.2, 0) is 14.4 Å². The van der Waals surface area contributed by atoms with E-state index in [1.54, 1.807) is 41.5 Å². The summed E-state index contributed by atoms with van der Waals surface area (Å²) in [5.41, 5.74) is 2.09. The molecule has 0 radical (unpaired) electrons. The fourth-order valence-electron chi connectivity index (χ4n) is 4.83. The Morgan fingerprint density at radius 1 is 0.806 bits per heavy atom. The summed E-state index contributed by atoms with van der Waals surface area (Å²) in [7, 11) is 4.53. The molecular formula is C27H23N3O6. The van der Waals surface area contributed by atoms with Crippen LogP contribution in [0.1, 0.15) is 17.2 Å². The number of para-hydroxylation sites is 1. The van der Waals surface area contributed by atoms with Gasteiger partial charge in [-0.05, 0) is 48.5 Å². The number of imide groups is 1. The molecule has 3 atom stereocenters. The number of amides is 2. The summed E-state index contributed by atoms with van der Waals surface area (Å²) >= 11 is 0. The van der Waals surface area contributed by atoms with Gasteiger partial charge in [0, 0.05) is 5.56 Å². The molecule has 0 bridgehead atoms. The first-order valence-electron chi connectivity index (χ1n) is 11.2. The lowest BCUT2D eigenvalue weighted by Crippen LogP contribution is -2.37. The SMILES string of the molecule is COc1ccc([C@H]2[C@H]3C(=O)N(c4ccc(C#N)cc4)C(=O)[C@@H]3ON2c2ccccc2)c(OC)c1OC. The highest BCUT2D eigenvalue weighted by Crippen LogP contribution is 2.52. The van der Waals surface area contributed by atoms with Gasteiger partial charge in [-0.1, -0.05) is 18.2 Å². The Morgan fingerprint density at radius 3 is 2.11 bits per heavy atom. The van der Waals surface area contributed by atoms with Crippen molar-refractivity contribution in [2.75, 3.05) is 31.3 Å². The number of fused-ring (bicyclic) bond motifs is 1. The van der Waals surface area contributed by atoms with E-state index in [0.717, 1.165) is 4.90 Å². The summed E-state index contributed by atoms with van der Waals surface area (Å²) in [6, 6.07) is 20.4. The van der Waals surface area contributed by atoms with Gasteiger partial charge in [-0.2, -0.15) is 5.26 Å². The molecule has 0 saturated carbocycles. The van der Waals surface area contributed by atoms with E-state index in [-0.39, 0.29) is 0 Å². The fraction of sp³-hybridized carbons (Fsp3) is 0.222. The van der Waals surface area contributed by atoms with E-state index in [4.69, 9.17) is 24.3 Å². The van der Waals surface area contributed by atoms with Crippen LogP contribution >= 0.6 is 0 Å². The Labute approximate surface area is 207 Å². The zero-order chi connectivity index (χ0) is 25.4. The number of methoxy groups -OCH3 is 3. The van der Waals surface area contributed by atoms with E-state index in [1.807, 2.05) is 36.4 Å². The van der Waals surface area contributed by atoms with Crippen molar-refractivity contribution in [2.24, 2.45) is 5.92 Å². The molecule has 0 aliphatic carbocycles. The second kappa shape index (κ2) is 9.24. The van der Waals surface area contributed by atoms with Crippen molar-refractivity contribution < 1.29 is 28.6 Å². The number of hydrogen-bond acceptors (Lipinski definition) is 8. The number of hydrogen-bond donors (Lipinski definition) is 0. The van der Waals surface area contributed by atoms with Gasteiger partial charge in [-0.15, -0.1) is 0 Å². The largest absolute Gasteiger partial charge is 0.493 e. The molecule has 36 heavy (non-hydrogen) atoms. The molecule has 182 valence electrons. The summed E-state index contributed by atoms with van der Waals surface area (Å²) in [6.45, 7) is 0. The van der Waals surface area contributed by atoms with Gasteiger partial charge in [0.1, 0.15) is 12.0 Å². The van der Waals surface area contributed by atoms with Gasteiger partial charge in [-0.25, -0.2) is 9.96 Å². The van der Waals surface area contributed by atoms with Gasteiger partial charge in [-0.3, -0.25) is 14.4 Å². The van der Waals surface area contributed by atoms with Crippen molar-refractivity contribution in [1.29, 1.82) is 5.26 Å². The summed E-state index contributed by atoms with van der Waals surface area (Å²) in [5.74, 6) is -0.528. The predicted octanol–water partition coefficient (Wildman–Crippen LogP) is 3.64. The van der Waals surface area contributed by atoms with Crippen LogP contribution in [0.25, 0.3) is 0 Å². The standard InChI is InChI=1S/C27H23N3O6/c1-33-20-14-13-19(23(34-2)24(20)35-3)22-21-25(36-30(22)18-7-5-4-6-8-18)27(32)29(26(21)31)17-11-9-16(15-28)10-12-17/h4-14,21-22,25H,1-3H3/t21-,22+,25-/m1/s1. The Morgan fingerprint density at radius 2 is 1.50 bits per heavy atom. The Bertz CT molecular complexity index is 1350. The molecule has 2 amide bonds. The number of rotatable bonds is 6. The monoisotopic (exact) mass is 485 g/mol. The number of hydroxylamine groups is 1. The molecule has 0 spiro atoms. The van der Waals surface area contributed by atoms with E-state index in [2.05, 4.69) is 0 Å². The summed E-state index contributed by atoms with van der Waals surface area (Å²) in [5, 5.41) is 10.7. The lowest BCUT2D eigenvalue weighted by Gasteiger charge is -2.30. The quantitative estimate of drug-likeness (QED) is 0.488. The second-order valence-electron chi connectivity index (χ2n) is 8.25. The number of nitrogens with zero attached hydrogens (tertiary/aromatic N) is 3. The Hall–Kier alpha value is -4.55. The van der Waals surface area contributed by atoms with Crippen LogP contribution in [0.4, 0.5) is 11.4 Å². The second-order valence-corrected chi connectivity index (χ2v) is 8.25. The number of carbonyl (C=O) groups is 2. The third-order valence-corrected chi connectivity index (χ3v) is 6.43. The van der Waals surface area contributed by atoms with Crippen LogP contribution in [0.5, 0.6) is 17.2 Å². The van der Waals surface area contributed by atoms with E-state index >= 15 is 0 Å². The Kier molecular flexibility index (Phi) is 5.96. The maximum atomic E-state index is 13.8. The number of benzene rings is 3. The first kappa shape index (κ1) is 23.2. The minimum absolute atomic E-state index is 0.370. The van der Waals surface area contributed by atoms with Gasteiger partial charge >= 0.3 is 0 Å². The van der Waals surface area contributed by atoms with Crippen molar-refractivity contribution in [3.05, 3.63) is 77.9 Å². The van der Waals surface area contributed by atoms with E-state index in [1.165, 1.54) is 21.3 Å². The average Bonchev–Trinajstić information content (AvgIpc) is 3.43. The van der Waals surface area contributed by atoms with Crippen molar-refractivity contribution in [3.63, 3.8) is 0 Å². The van der Waals surface area contributed by atoms with Gasteiger partial charge in [0.2, 0.25) is 11.7 Å².